The molecule has 3 atom stereocenters. The molecule has 4 aliphatic heterocycles. The van der Waals surface area contributed by atoms with Gasteiger partial charge in [0.15, 0.2) is 29.4 Å². The summed E-state index contributed by atoms with van der Waals surface area (Å²) in [5.41, 5.74) is 11.8. The van der Waals surface area contributed by atoms with Crippen LogP contribution in [-0.4, -0.2) is 95.5 Å². The Morgan fingerprint density at radius 2 is 1.25 bits per heavy atom. The summed E-state index contributed by atoms with van der Waals surface area (Å²) in [6.45, 7) is 1.64. The number of benzene rings is 8. The largest absolute Gasteiger partial charge is 0.454 e. The maximum Gasteiger partial charge on any atom is 0.365 e. The van der Waals surface area contributed by atoms with E-state index < -0.39 is 63.9 Å². The number of carbonyl (C=O) groups excluding carboxylic acids is 5. The molecule has 0 bridgehead atoms. The highest BCUT2D eigenvalue weighted by Gasteiger charge is 2.55. The van der Waals surface area contributed by atoms with E-state index in [0.717, 1.165) is 39.2 Å². The molecular weight excluding hydrogens is 1260 g/mol. The van der Waals surface area contributed by atoms with Crippen LogP contribution in [-0.2, 0) is 34.2 Å². The zero-order chi connectivity index (χ0) is 65.0. The second-order valence-electron chi connectivity index (χ2n) is 22.2. The molecule has 6 heterocycles. The van der Waals surface area contributed by atoms with Crippen molar-refractivity contribution in [1.29, 1.82) is 0 Å². The van der Waals surface area contributed by atoms with E-state index in [1.165, 1.54) is 45.2 Å². The second kappa shape index (κ2) is 26.8. The molecule has 95 heavy (non-hydrogen) atoms. The lowest BCUT2D eigenvalue weighted by Gasteiger charge is -2.50. The lowest BCUT2D eigenvalue weighted by Crippen LogP contribution is -2.71. The van der Waals surface area contributed by atoms with Crippen LogP contribution in [0.15, 0.2) is 258 Å². The minimum Gasteiger partial charge on any atom is -0.454 e. The van der Waals surface area contributed by atoms with Gasteiger partial charge in [-0.2, -0.15) is 4.98 Å². The average Bonchev–Trinajstić information content (AvgIpc) is 1.68. The molecule has 1 unspecified atom stereocenters. The van der Waals surface area contributed by atoms with Crippen LogP contribution in [0.1, 0.15) is 84.5 Å². The van der Waals surface area contributed by atoms with Gasteiger partial charge >= 0.3 is 17.9 Å². The molecule has 4 aliphatic rings. The number of oxime groups is 1. The maximum atomic E-state index is 15.4. The number of ether oxygens (including phenoxy) is 4. The van der Waals surface area contributed by atoms with Crippen LogP contribution >= 0.6 is 34.9 Å². The van der Waals surface area contributed by atoms with Crippen molar-refractivity contribution in [2.75, 3.05) is 24.0 Å². The zero-order valence-electron chi connectivity index (χ0n) is 50.5. The number of rotatable bonds is 20. The van der Waals surface area contributed by atoms with Gasteiger partial charge in [0.25, 0.3) is 17.8 Å². The number of nitrogens with two attached hydrogens (primary N) is 1. The van der Waals surface area contributed by atoms with Gasteiger partial charge in [-0.3, -0.25) is 14.5 Å². The lowest BCUT2D eigenvalue weighted by molar-refractivity contribution is -0.154. The first-order chi connectivity index (χ1) is 46.5. The van der Waals surface area contributed by atoms with Crippen LogP contribution in [0.5, 0.6) is 17.5 Å². The number of thiazole rings is 1. The highest BCUT2D eigenvalue weighted by Crippen LogP contribution is 2.49. The average molecular weight is 1310 g/mol. The fraction of sp³-hybridized carbons (Fsp3) is 0.137. The van der Waals surface area contributed by atoms with E-state index in [4.69, 9.17) is 44.6 Å². The maximum absolute atomic E-state index is 15.4. The van der Waals surface area contributed by atoms with Gasteiger partial charge in [0.1, 0.15) is 44.1 Å². The number of nitrogens with zero attached hydrogens (tertiary/aromatic N) is 7. The molecule has 0 aliphatic carbocycles. The first-order valence-electron chi connectivity index (χ1n) is 30.1. The summed E-state index contributed by atoms with van der Waals surface area (Å²) in [6.07, 6.45) is -1.52. The number of aromatic nitrogens is 4. The predicted molar refractivity (Wildman–Crippen MR) is 361 cm³/mol. The van der Waals surface area contributed by atoms with Crippen molar-refractivity contribution in [3.63, 3.8) is 0 Å². The van der Waals surface area contributed by atoms with Gasteiger partial charge in [0.2, 0.25) is 6.79 Å². The van der Waals surface area contributed by atoms with Gasteiger partial charge in [-0.05, 0) is 69.6 Å². The summed E-state index contributed by atoms with van der Waals surface area (Å²) in [6, 6.07) is 70.2. The van der Waals surface area contributed by atoms with Crippen molar-refractivity contribution >= 4 is 86.9 Å². The summed E-state index contributed by atoms with van der Waals surface area (Å²) < 4.78 is 25.6. The van der Waals surface area contributed by atoms with E-state index in [2.05, 4.69) is 21.4 Å². The normalized spacial score (nSPS) is 16.5. The van der Waals surface area contributed by atoms with E-state index in [-0.39, 0.29) is 57.8 Å². The number of hydrogen-bond donors (Lipinski definition) is 2. The van der Waals surface area contributed by atoms with Crippen LogP contribution < -0.4 is 25.3 Å². The molecule has 3 N–H and O–H groups in total. The van der Waals surface area contributed by atoms with Gasteiger partial charge in [0.05, 0.1) is 22.3 Å². The summed E-state index contributed by atoms with van der Waals surface area (Å²) in [7, 11) is 0. The zero-order valence-corrected chi connectivity index (χ0v) is 52.9. The van der Waals surface area contributed by atoms with Crippen molar-refractivity contribution in [1.82, 2.24) is 30.0 Å². The van der Waals surface area contributed by atoms with E-state index in [1.807, 2.05) is 212 Å². The Morgan fingerprint density at radius 3 is 1.81 bits per heavy atom. The smallest absolute Gasteiger partial charge is 0.365 e. The molecule has 0 radical (unpaired) electrons. The molecule has 8 aromatic carbocycles. The first-order valence-corrected chi connectivity index (χ1v) is 33.0. The number of esters is 1. The Morgan fingerprint density at radius 1 is 0.716 bits per heavy atom. The number of thioether (sulfide) groups is 2. The van der Waals surface area contributed by atoms with Gasteiger partial charge in [0, 0.05) is 11.5 Å². The molecule has 14 rings (SSSR count). The molecule has 1 saturated heterocycles. The van der Waals surface area contributed by atoms with Crippen molar-refractivity contribution < 1.29 is 47.8 Å². The van der Waals surface area contributed by atoms with Crippen LogP contribution in [0.4, 0.5) is 10.9 Å². The third-order valence-corrected chi connectivity index (χ3v) is 20.1. The van der Waals surface area contributed by atoms with Gasteiger partial charge in [-0.1, -0.05) is 229 Å². The number of fused-ring (bicyclic) bond motifs is 3. The van der Waals surface area contributed by atoms with Gasteiger partial charge in [-0.25, -0.2) is 29.0 Å². The fourth-order valence-corrected chi connectivity index (χ4v) is 15.8. The molecule has 2 aromatic heterocycles. The van der Waals surface area contributed by atoms with Gasteiger partial charge < -0.3 is 34.8 Å². The third kappa shape index (κ3) is 12.0. The number of amides is 2. The number of nitrogen functional groups attached to an aromatic ring is 1. The number of β-lactam (4-membered cyclic amide) rings is 1. The van der Waals surface area contributed by atoms with Crippen molar-refractivity contribution in [2.45, 2.75) is 41.3 Å². The monoisotopic (exact) mass is 1310 g/mol. The highest BCUT2D eigenvalue weighted by atomic mass is 32.2. The number of aliphatic imine (C=N–C) groups is 1. The molecule has 0 saturated carbocycles. The fourth-order valence-electron chi connectivity index (χ4n) is 11.9. The molecule has 19 nitrogen and oxygen atoms in total. The Kier molecular flexibility index (Phi) is 17.3. The van der Waals surface area contributed by atoms with Crippen molar-refractivity contribution in [3.05, 3.63) is 303 Å². The lowest BCUT2D eigenvalue weighted by atomic mass is 9.70. The van der Waals surface area contributed by atoms with Crippen LogP contribution in [0.25, 0.3) is 0 Å². The first kappa shape index (κ1) is 61.4. The summed E-state index contributed by atoms with van der Waals surface area (Å²) >= 11 is 3.66. The van der Waals surface area contributed by atoms with Crippen molar-refractivity contribution in [3.8, 4) is 17.5 Å². The van der Waals surface area contributed by atoms with E-state index in [1.54, 1.807) is 13.0 Å². The number of nitrogens with one attached hydrogen (secondary N) is 1. The highest BCUT2D eigenvalue weighted by molar-refractivity contribution is 8.01. The number of anilines is 1. The molecule has 10 aromatic rings. The van der Waals surface area contributed by atoms with Crippen molar-refractivity contribution in [2.24, 2.45) is 10.1 Å². The SMILES string of the molecule is CC1=Nc2nc(OC(c3ccccc3)c3ccccc3)nn2C(SCC2=C(C(=O)OC(c3ccccc3)c3ccccc3)N3C(=O)[C@@H](NC(=O)C(=NOC(=O)c4ccc5c(c4)OCO5)c4nc(C(c5ccccc5)(c5ccccc5)c5ccccc5)sc4N)[C@H]3SC2)C1=C=O. The summed E-state index contributed by atoms with van der Waals surface area (Å²) in [4.78, 5) is 94.5. The van der Waals surface area contributed by atoms with E-state index >= 15 is 14.4 Å². The van der Waals surface area contributed by atoms with Crippen LogP contribution in [0.3, 0.4) is 0 Å². The van der Waals surface area contributed by atoms with Gasteiger partial charge in [-0.15, -0.1) is 28.6 Å². The molecule has 22 heteroatoms. The number of hydrogen-bond acceptors (Lipinski definition) is 19. The summed E-state index contributed by atoms with van der Waals surface area (Å²) in [5, 5.41) is 10.6. The van der Waals surface area contributed by atoms with Crippen LogP contribution in [0.2, 0.25) is 0 Å². The third-order valence-electron chi connectivity index (χ3n) is 16.5. The molecular formula is C73H55N9O10S3. The molecule has 470 valence electrons. The number of carbonyl (C=O) groups is 4. The minimum atomic E-state index is -1.29. The quantitative estimate of drug-likeness (QED) is 0.0137. The molecule has 0 spiro atoms. The Balaban J connectivity index is 0.812. The topological polar surface area (TPSA) is 241 Å². The van der Waals surface area contributed by atoms with Crippen LogP contribution in [0, 0.1) is 0 Å². The Labute approximate surface area is 557 Å². The predicted octanol–water partition coefficient (Wildman–Crippen LogP) is 11.9. The minimum absolute atomic E-state index is 0.00678. The molecule has 1 fully saturated rings. The van der Waals surface area contributed by atoms with E-state index in [0.29, 0.717) is 38.9 Å². The molecule has 2 amide bonds. The standard InChI is InChI=1S/C73H55N9O10S3/c1-44-54(40-83)66(82-71(75-44)78-72(79-82)91-62(47-27-13-4-14-28-47)48-29-15-5-16-30-48)93-41-50-42-94-67-59(65(85)81(67)60(50)69(87)90-61(45-23-9-2-10-24-45)46-25-11-3-12-26-46)76-64(84)58(80-92-68(86)49-37-38-55-56(39-49)89-43-88-55)57-63(74)95-70(77-57)73(51-31-17-6-18-32-51,52-33-19-7-20-34-52)53-35-21-8-22-36-53/h2-39,59,61-62,66-67H,41-43,74H2,1H3,(H,76,84)/t59-,66?,67-/m1/s1. The Hall–Kier alpha value is -11.2. The Bertz CT molecular complexity index is 4510. The summed E-state index contributed by atoms with van der Waals surface area (Å²) in [5.74, 6) is -0.213. The van der Waals surface area contributed by atoms with E-state index in [9.17, 15) is 9.59 Å². The second-order valence-corrected chi connectivity index (χ2v) is 25.4.